The molecule has 0 aromatic heterocycles. The average molecular weight is 372 g/mol. The molecule has 1 heterocycles. The molecule has 0 fully saturated rings. The average Bonchev–Trinajstić information content (AvgIpc) is 2.62. The zero-order valence-corrected chi connectivity index (χ0v) is 15.3. The molecule has 26 heavy (non-hydrogen) atoms. The highest BCUT2D eigenvalue weighted by atomic mass is 35.5. The number of fused-ring (bicyclic) bond motifs is 1. The Morgan fingerprint density at radius 2 is 2.00 bits per heavy atom. The highest BCUT2D eigenvalue weighted by Crippen LogP contribution is 2.46. The van der Waals surface area contributed by atoms with Crippen molar-refractivity contribution in [2.24, 2.45) is 5.73 Å². The van der Waals surface area contributed by atoms with Gasteiger partial charge in [-0.25, -0.2) is 4.39 Å². The summed E-state index contributed by atoms with van der Waals surface area (Å²) in [6.07, 6.45) is 0. The molecular weight excluding hydrogens is 353 g/mol. The van der Waals surface area contributed by atoms with Gasteiger partial charge >= 0.3 is 0 Å². The van der Waals surface area contributed by atoms with Gasteiger partial charge in [0.15, 0.2) is 0 Å². The Morgan fingerprint density at radius 1 is 1.27 bits per heavy atom. The number of nitrogens with two attached hydrogens (primary N) is 1. The van der Waals surface area contributed by atoms with Crippen LogP contribution >= 0.6 is 11.6 Å². The number of hydrogen-bond acceptors (Lipinski definition) is 4. The molecule has 1 aliphatic rings. The van der Waals surface area contributed by atoms with E-state index in [9.17, 15) is 9.65 Å². The first kappa shape index (κ1) is 18.1. The van der Waals surface area contributed by atoms with E-state index in [1.165, 1.54) is 12.1 Å². The van der Waals surface area contributed by atoms with Crippen LogP contribution in [0.4, 0.5) is 10.1 Å². The van der Waals surface area contributed by atoms with Gasteiger partial charge < -0.3 is 15.4 Å². The van der Waals surface area contributed by atoms with Gasteiger partial charge in [-0.05, 0) is 32.0 Å². The number of anilines is 1. The molecule has 0 saturated carbocycles. The second-order valence-electron chi connectivity index (χ2n) is 5.95. The van der Waals surface area contributed by atoms with Crippen molar-refractivity contribution in [2.45, 2.75) is 19.8 Å². The second kappa shape index (κ2) is 7.27. The summed E-state index contributed by atoms with van der Waals surface area (Å²) in [7, 11) is 0. The third-order valence-corrected chi connectivity index (χ3v) is 4.95. The minimum Gasteiger partial charge on any atom is -0.440 e. The molecule has 0 aliphatic carbocycles. The Labute approximate surface area is 157 Å². The Morgan fingerprint density at radius 3 is 2.62 bits per heavy atom. The number of halogens is 2. The van der Waals surface area contributed by atoms with Crippen LogP contribution in [0, 0.1) is 17.1 Å². The zero-order chi connectivity index (χ0) is 18.8. The Balaban J connectivity index is 2.21. The van der Waals surface area contributed by atoms with Gasteiger partial charge in [-0.3, -0.25) is 0 Å². The van der Waals surface area contributed by atoms with Gasteiger partial charge in [-0.15, -0.1) is 0 Å². The molecule has 6 heteroatoms. The molecule has 1 atom stereocenters. The first-order chi connectivity index (χ1) is 12.5. The normalized spacial score (nSPS) is 15.9. The minimum absolute atomic E-state index is 0.0268. The number of hydrogen-bond donors (Lipinski definition) is 1. The van der Waals surface area contributed by atoms with E-state index in [2.05, 4.69) is 24.8 Å². The molecule has 2 N–H and O–H groups in total. The number of allylic oxidation sites excluding steroid dienone is 1. The van der Waals surface area contributed by atoms with E-state index in [1.54, 1.807) is 6.07 Å². The topological polar surface area (TPSA) is 62.3 Å². The van der Waals surface area contributed by atoms with E-state index >= 15 is 0 Å². The van der Waals surface area contributed by atoms with Crippen molar-refractivity contribution in [3.63, 3.8) is 0 Å². The molecule has 1 aliphatic heterocycles. The van der Waals surface area contributed by atoms with Gasteiger partial charge in [0, 0.05) is 41.0 Å². The fourth-order valence-electron chi connectivity index (χ4n) is 3.31. The van der Waals surface area contributed by atoms with Gasteiger partial charge in [0.25, 0.3) is 0 Å². The number of nitrogens with zero attached hydrogens (tertiary/aromatic N) is 2. The van der Waals surface area contributed by atoms with Crippen molar-refractivity contribution in [1.29, 1.82) is 5.26 Å². The van der Waals surface area contributed by atoms with Crippen molar-refractivity contribution in [3.8, 4) is 11.8 Å². The smallest absolute Gasteiger partial charge is 0.205 e. The van der Waals surface area contributed by atoms with Gasteiger partial charge in [0.2, 0.25) is 5.88 Å². The Kier molecular flexibility index (Phi) is 5.06. The number of nitriles is 1. The molecule has 0 spiro atoms. The fourth-order valence-corrected chi connectivity index (χ4v) is 3.58. The Bertz CT molecular complexity index is 896. The van der Waals surface area contributed by atoms with E-state index in [1.807, 2.05) is 18.2 Å². The van der Waals surface area contributed by atoms with E-state index in [0.717, 1.165) is 18.8 Å². The monoisotopic (exact) mass is 371 g/mol. The standard InChI is InChI=1S/C20H19ClFN3O/c1-3-25(4-2)12-8-9-13-17(10-12)26-20(24)14(11-23)18(13)19-15(21)6-5-7-16(19)22/h5-10,18H,3-4,24H2,1-2H3. The maximum atomic E-state index is 14.6. The SMILES string of the molecule is CCN(CC)c1ccc2c(c1)OC(N)=C(C#N)C2c1c(F)cccc1Cl. The quantitative estimate of drug-likeness (QED) is 0.856. The van der Waals surface area contributed by atoms with Crippen LogP contribution in [-0.4, -0.2) is 13.1 Å². The number of benzene rings is 2. The van der Waals surface area contributed by atoms with Crippen molar-refractivity contribution in [3.05, 3.63) is 69.8 Å². The number of rotatable bonds is 4. The summed E-state index contributed by atoms with van der Waals surface area (Å²) in [5.41, 5.74) is 8.00. The van der Waals surface area contributed by atoms with E-state index in [0.29, 0.717) is 11.3 Å². The third kappa shape index (κ3) is 2.97. The maximum absolute atomic E-state index is 14.6. The van der Waals surface area contributed by atoms with Crippen LogP contribution in [0.15, 0.2) is 47.9 Å². The lowest BCUT2D eigenvalue weighted by Gasteiger charge is -2.29. The van der Waals surface area contributed by atoms with E-state index in [-0.39, 0.29) is 22.0 Å². The first-order valence-corrected chi connectivity index (χ1v) is 8.79. The lowest BCUT2D eigenvalue weighted by molar-refractivity contribution is 0.392. The first-order valence-electron chi connectivity index (χ1n) is 8.42. The fraction of sp³-hybridized carbons (Fsp3) is 0.250. The van der Waals surface area contributed by atoms with Crippen LogP contribution < -0.4 is 15.4 Å². The van der Waals surface area contributed by atoms with E-state index in [4.69, 9.17) is 22.1 Å². The lowest BCUT2D eigenvalue weighted by atomic mass is 9.83. The molecule has 4 nitrogen and oxygen atoms in total. The largest absolute Gasteiger partial charge is 0.440 e. The van der Waals surface area contributed by atoms with Crippen molar-refractivity contribution >= 4 is 17.3 Å². The molecule has 1 unspecified atom stereocenters. The summed E-state index contributed by atoms with van der Waals surface area (Å²) >= 11 is 6.26. The zero-order valence-electron chi connectivity index (χ0n) is 14.6. The van der Waals surface area contributed by atoms with Crippen LogP contribution in [0.3, 0.4) is 0 Å². The molecule has 0 saturated heterocycles. The molecule has 0 radical (unpaired) electrons. The van der Waals surface area contributed by atoms with Crippen molar-refractivity contribution in [1.82, 2.24) is 0 Å². The number of ether oxygens (including phenoxy) is 1. The second-order valence-corrected chi connectivity index (χ2v) is 6.36. The highest BCUT2D eigenvalue weighted by molar-refractivity contribution is 6.31. The summed E-state index contributed by atoms with van der Waals surface area (Å²) in [4.78, 5) is 2.16. The Hall–Kier alpha value is -2.71. The summed E-state index contributed by atoms with van der Waals surface area (Å²) in [5.74, 6) is -0.705. The minimum atomic E-state index is -0.705. The van der Waals surface area contributed by atoms with Gasteiger partial charge in [-0.1, -0.05) is 23.7 Å². The predicted molar refractivity (Wildman–Crippen MR) is 101 cm³/mol. The van der Waals surface area contributed by atoms with Crippen LogP contribution in [0.5, 0.6) is 5.75 Å². The molecule has 134 valence electrons. The summed E-state index contributed by atoms with van der Waals surface area (Å²) < 4.78 is 20.3. The predicted octanol–water partition coefficient (Wildman–Crippen LogP) is 4.54. The van der Waals surface area contributed by atoms with Crippen LogP contribution in [0.1, 0.15) is 30.9 Å². The van der Waals surface area contributed by atoms with Gasteiger partial charge in [0.05, 0.1) is 5.92 Å². The molecule has 0 amide bonds. The van der Waals surface area contributed by atoms with Crippen molar-refractivity contribution < 1.29 is 9.13 Å². The summed E-state index contributed by atoms with van der Waals surface area (Å²) in [6, 6.07) is 12.2. The molecular formula is C20H19ClFN3O. The van der Waals surface area contributed by atoms with Crippen molar-refractivity contribution in [2.75, 3.05) is 18.0 Å². The van der Waals surface area contributed by atoms with Gasteiger partial charge in [0.1, 0.15) is 23.2 Å². The maximum Gasteiger partial charge on any atom is 0.205 e. The van der Waals surface area contributed by atoms with Crippen LogP contribution in [0.25, 0.3) is 0 Å². The van der Waals surface area contributed by atoms with Gasteiger partial charge in [-0.2, -0.15) is 5.26 Å². The lowest BCUT2D eigenvalue weighted by Crippen LogP contribution is -2.24. The summed E-state index contributed by atoms with van der Waals surface area (Å²) in [5, 5.41) is 9.82. The molecule has 2 aromatic rings. The molecule has 2 aromatic carbocycles. The highest BCUT2D eigenvalue weighted by Gasteiger charge is 2.34. The van der Waals surface area contributed by atoms with Crippen LogP contribution in [0.2, 0.25) is 5.02 Å². The van der Waals surface area contributed by atoms with Crippen LogP contribution in [-0.2, 0) is 0 Å². The summed E-state index contributed by atoms with van der Waals surface area (Å²) in [6.45, 7) is 5.81. The third-order valence-electron chi connectivity index (χ3n) is 4.62. The van der Waals surface area contributed by atoms with E-state index < -0.39 is 11.7 Å². The molecule has 3 rings (SSSR count). The molecule has 0 bridgehead atoms.